The van der Waals surface area contributed by atoms with Crippen LogP contribution in [0.4, 0.5) is 21.7 Å². The van der Waals surface area contributed by atoms with Gasteiger partial charge in [-0.05, 0) is 31.0 Å². The van der Waals surface area contributed by atoms with Gasteiger partial charge in [0.15, 0.2) is 11.6 Å². The number of amides is 1. The van der Waals surface area contributed by atoms with Gasteiger partial charge in [0.25, 0.3) is 5.91 Å². The number of nitrogens with zero attached hydrogens (tertiary/aromatic N) is 4. The van der Waals surface area contributed by atoms with Crippen LogP contribution in [0.2, 0.25) is 0 Å². The van der Waals surface area contributed by atoms with E-state index in [1.807, 2.05) is 0 Å². The number of hydrogen-bond donors (Lipinski definition) is 4. The fourth-order valence-corrected chi connectivity index (χ4v) is 3.94. The topological polar surface area (TPSA) is 155 Å². The van der Waals surface area contributed by atoms with Crippen molar-refractivity contribution in [3.63, 3.8) is 0 Å². The van der Waals surface area contributed by atoms with Gasteiger partial charge < -0.3 is 31.6 Å². The summed E-state index contributed by atoms with van der Waals surface area (Å²) in [5.74, 6) is -1.07. The minimum atomic E-state index is -0.820. The van der Waals surface area contributed by atoms with Crippen molar-refractivity contribution in [1.82, 2.24) is 19.7 Å². The zero-order chi connectivity index (χ0) is 24.8. The summed E-state index contributed by atoms with van der Waals surface area (Å²) in [4.78, 5) is 20.8. The highest BCUT2D eigenvalue weighted by molar-refractivity contribution is 5.98. The molecule has 35 heavy (non-hydrogen) atoms. The van der Waals surface area contributed by atoms with Crippen LogP contribution in [0.3, 0.4) is 0 Å². The molecule has 1 saturated carbocycles. The Kier molecular flexibility index (Phi) is 7.73. The Morgan fingerprint density at radius 3 is 2.80 bits per heavy atom. The lowest BCUT2D eigenvalue weighted by molar-refractivity contribution is 0.100. The number of hydrogen-bond acceptors (Lipinski definition) is 9. The van der Waals surface area contributed by atoms with Crippen molar-refractivity contribution in [2.24, 2.45) is 11.5 Å². The van der Waals surface area contributed by atoms with Gasteiger partial charge in [0.1, 0.15) is 18.1 Å². The molecule has 3 aromatic rings. The van der Waals surface area contributed by atoms with E-state index in [4.69, 9.17) is 20.9 Å². The SMILES string of the molecule is COCCOc1ncc(Nc2nc(N[C@@H]3CCCC[C@@H]3N)c(F)cc2C(N)=O)cc1-n1cccn1. The van der Waals surface area contributed by atoms with Crippen LogP contribution in [0, 0.1) is 5.82 Å². The molecule has 1 aliphatic rings. The number of carbonyl (C=O) groups excluding carboxylic acids is 1. The summed E-state index contributed by atoms with van der Waals surface area (Å²) in [7, 11) is 1.58. The third-order valence-corrected chi connectivity index (χ3v) is 5.76. The molecular formula is C23H29FN8O3. The Hall–Kier alpha value is -3.77. The first-order valence-electron chi connectivity index (χ1n) is 11.4. The van der Waals surface area contributed by atoms with Crippen LogP contribution in [-0.2, 0) is 4.74 Å². The van der Waals surface area contributed by atoms with E-state index in [1.165, 1.54) is 6.20 Å². The van der Waals surface area contributed by atoms with Crippen molar-refractivity contribution in [2.45, 2.75) is 37.8 Å². The van der Waals surface area contributed by atoms with Crippen molar-refractivity contribution in [3.8, 4) is 11.6 Å². The fourth-order valence-electron chi connectivity index (χ4n) is 3.94. The number of nitrogens with two attached hydrogens (primary N) is 2. The zero-order valence-electron chi connectivity index (χ0n) is 19.4. The Labute approximate surface area is 202 Å². The molecule has 0 radical (unpaired) electrons. The van der Waals surface area contributed by atoms with Gasteiger partial charge in [-0.2, -0.15) is 5.10 Å². The van der Waals surface area contributed by atoms with Crippen molar-refractivity contribution in [1.29, 1.82) is 0 Å². The highest BCUT2D eigenvalue weighted by Gasteiger charge is 2.24. The van der Waals surface area contributed by atoms with E-state index in [-0.39, 0.29) is 29.3 Å². The van der Waals surface area contributed by atoms with E-state index >= 15 is 0 Å². The predicted octanol–water partition coefficient (Wildman–Crippen LogP) is 2.35. The summed E-state index contributed by atoms with van der Waals surface area (Å²) in [6.45, 7) is 0.691. The zero-order valence-corrected chi connectivity index (χ0v) is 19.4. The summed E-state index contributed by atoms with van der Waals surface area (Å²) in [5.41, 5.74) is 12.6. The average molecular weight is 485 g/mol. The number of ether oxygens (including phenoxy) is 2. The Bertz CT molecular complexity index is 1160. The lowest BCUT2D eigenvalue weighted by atomic mass is 9.91. The lowest BCUT2D eigenvalue weighted by Gasteiger charge is -2.30. The number of aromatic nitrogens is 4. The molecular weight excluding hydrogens is 455 g/mol. The van der Waals surface area contributed by atoms with E-state index in [2.05, 4.69) is 25.7 Å². The number of primary amides is 1. The molecule has 0 unspecified atom stereocenters. The number of rotatable bonds is 10. The molecule has 0 bridgehead atoms. The first-order chi connectivity index (χ1) is 17.0. The monoisotopic (exact) mass is 484 g/mol. The molecule has 186 valence electrons. The molecule has 12 heteroatoms. The maximum atomic E-state index is 14.8. The normalized spacial score (nSPS) is 17.7. The van der Waals surface area contributed by atoms with Crippen molar-refractivity contribution < 1.29 is 18.7 Å². The number of carbonyl (C=O) groups is 1. The van der Waals surface area contributed by atoms with Gasteiger partial charge in [0.2, 0.25) is 5.88 Å². The minimum absolute atomic E-state index is 0.000344. The number of nitrogens with one attached hydrogen (secondary N) is 2. The van der Waals surface area contributed by atoms with Gasteiger partial charge in [0, 0.05) is 31.6 Å². The molecule has 3 aromatic heterocycles. The van der Waals surface area contributed by atoms with E-state index in [0.29, 0.717) is 30.5 Å². The molecule has 2 atom stereocenters. The predicted molar refractivity (Wildman–Crippen MR) is 129 cm³/mol. The lowest BCUT2D eigenvalue weighted by Crippen LogP contribution is -2.43. The second-order valence-electron chi connectivity index (χ2n) is 8.24. The molecule has 4 rings (SSSR count). The Morgan fingerprint density at radius 1 is 1.26 bits per heavy atom. The second kappa shape index (κ2) is 11.1. The van der Waals surface area contributed by atoms with E-state index in [0.717, 1.165) is 31.7 Å². The summed E-state index contributed by atoms with van der Waals surface area (Å²) >= 11 is 0. The summed E-state index contributed by atoms with van der Waals surface area (Å²) < 4.78 is 27.1. The van der Waals surface area contributed by atoms with Crippen molar-refractivity contribution >= 4 is 23.2 Å². The molecule has 0 saturated heterocycles. The number of pyridine rings is 2. The van der Waals surface area contributed by atoms with Gasteiger partial charge in [-0.1, -0.05) is 12.8 Å². The standard InChI is InChI=1S/C23H29FN8O3/c1-34-9-10-35-23-19(32-8-4-7-28-32)11-14(13-27-23)29-21-15(20(26)33)12-16(24)22(31-21)30-18-6-3-2-5-17(18)25/h4,7-8,11-13,17-18H,2-3,5-6,9-10,25H2,1H3,(H2,26,33)(H2,29,30,31)/t17-,18+/m0/s1. The molecule has 11 nitrogen and oxygen atoms in total. The van der Waals surface area contributed by atoms with E-state index < -0.39 is 11.7 Å². The van der Waals surface area contributed by atoms with Crippen LogP contribution in [0.1, 0.15) is 36.0 Å². The van der Waals surface area contributed by atoms with Crippen LogP contribution in [0.5, 0.6) is 5.88 Å². The summed E-state index contributed by atoms with van der Waals surface area (Å²) in [6.07, 6.45) is 8.57. The van der Waals surface area contributed by atoms with Gasteiger partial charge in [-0.15, -0.1) is 0 Å². The first kappa shape index (κ1) is 24.4. The minimum Gasteiger partial charge on any atom is -0.474 e. The smallest absolute Gasteiger partial charge is 0.252 e. The molecule has 3 heterocycles. The molecule has 1 amide bonds. The molecule has 0 spiro atoms. The maximum absolute atomic E-state index is 14.8. The molecule has 6 N–H and O–H groups in total. The summed E-state index contributed by atoms with van der Waals surface area (Å²) in [6, 6.07) is 4.33. The number of methoxy groups -OCH3 is 1. The van der Waals surface area contributed by atoms with Gasteiger partial charge in [-0.25, -0.2) is 19.0 Å². The largest absolute Gasteiger partial charge is 0.474 e. The van der Waals surface area contributed by atoms with Crippen LogP contribution >= 0.6 is 0 Å². The maximum Gasteiger partial charge on any atom is 0.252 e. The number of halogens is 1. The van der Waals surface area contributed by atoms with Crippen LogP contribution in [-0.4, -0.2) is 58.1 Å². The van der Waals surface area contributed by atoms with Crippen LogP contribution in [0.15, 0.2) is 36.8 Å². The van der Waals surface area contributed by atoms with Crippen molar-refractivity contribution in [2.75, 3.05) is 31.0 Å². The van der Waals surface area contributed by atoms with Crippen LogP contribution < -0.4 is 26.8 Å². The summed E-state index contributed by atoms with van der Waals surface area (Å²) in [5, 5.41) is 10.4. The quantitative estimate of drug-likeness (QED) is 0.317. The highest BCUT2D eigenvalue weighted by atomic mass is 19.1. The van der Waals surface area contributed by atoms with Crippen molar-refractivity contribution in [3.05, 3.63) is 48.2 Å². The molecule has 1 fully saturated rings. The number of anilines is 3. The fraction of sp³-hybridized carbons (Fsp3) is 0.391. The second-order valence-corrected chi connectivity index (χ2v) is 8.24. The molecule has 1 aliphatic carbocycles. The Balaban J connectivity index is 1.65. The third-order valence-electron chi connectivity index (χ3n) is 5.76. The van der Waals surface area contributed by atoms with Gasteiger partial charge in [0.05, 0.1) is 24.1 Å². The van der Waals surface area contributed by atoms with E-state index in [9.17, 15) is 9.18 Å². The molecule has 0 aromatic carbocycles. The molecule has 0 aliphatic heterocycles. The average Bonchev–Trinajstić information content (AvgIpc) is 3.38. The Morgan fingerprint density at radius 2 is 2.09 bits per heavy atom. The first-order valence-corrected chi connectivity index (χ1v) is 11.4. The van der Waals surface area contributed by atoms with Gasteiger partial charge in [-0.3, -0.25) is 4.79 Å². The van der Waals surface area contributed by atoms with Gasteiger partial charge >= 0.3 is 0 Å². The van der Waals surface area contributed by atoms with E-state index in [1.54, 1.807) is 36.3 Å². The highest BCUT2D eigenvalue weighted by Crippen LogP contribution is 2.29. The third kappa shape index (κ3) is 5.84. The van der Waals surface area contributed by atoms with Crippen LogP contribution in [0.25, 0.3) is 5.69 Å².